The van der Waals surface area contributed by atoms with E-state index in [1.807, 2.05) is 0 Å². The summed E-state index contributed by atoms with van der Waals surface area (Å²) >= 11 is 0. The van der Waals surface area contributed by atoms with Crippen LogP contribution in [0.15, 0.2) is 0 Å². The van der Waals surface area contributed by atoms with E-state index in [0.717, 1.165) is 20.3 Å². The predicted molar refractivity (Wildman–Crippen MR) is 191 cm³/mol. The molecule has 0 aromatic carbocycles. The second-order valence-corrected chi connectivity index (χ2v) is 9.05. The van der Waals surface area contributed by atoms with E-state index in [1.165, 1.54) is 35.5 Å². The van der Waals surface area contributed by atoms with Crippen molar-refractivity contribution in [2.75, 3.05) is 122 Å². The van der Waals surface area contributed by atoms with Gasteiger partial charge in [0.15, 0.2) is 0 Å². The van der Waals surface area contributed by atoms with Gasteiger partial charge in [0.05, 0.1) is 79.3 Å². The molecule has 0 aliphatic carbocycles. The van der Waals surface area contributed by atoms with E-state index in [0.29, 0.717) is 32.5 Å². The van der Waals surface area contributed by atoms with Crippen molar-refractivity contribution in [3.05, 3.63) is 0 Å². The molecule has 1 heterocycles. The first-order valence-corrected chi connectivity index (χ1v) is 14.5. The van der Waals surface area contributed by atoms with E-state index in [2.05, 4.69) is 65.7 Å². The van der Waals surface area contributed by atoms with Crippen LogP contribution in [-0.2, 0) is 140 Å². The summed E-state index contributed by atoms with van der Waals surface area (Å²) in [6.45, 7) is 2.80. The first-order chi connectivity index (χ1) is 21.5. The van der Waals surface area contributed by atoms with Crippen LogP contribution >= 0.6 is 38.3 Å². The number of hydrogen-bond donors (Lipinski definition) is 8. The fraction of sp³-hybridized carbons (Fsp3) is 1.00. The van der Waals surface area contributed by atoms with Gasteiger partial charge in [0, 0.05) is 162 Å². The Kier molecular flexibility index (Phi) is 128. The van der Waals surface area contributed by atoms with Gasteiger partial charge in [-0.2, -0.15) is 17.0 Å². The van der Waals surface area contributed by atoms with Gasteiger partial charge in [0.1, 0.15) is 36.6 Å². The van der Waals surface area contributed by atoms with Crippen LogP contribution in [0.2, 0.25) is 0 Å². The normalized spacial score (nSPS) is 14.2. The first kappa shape index (κ1) is 82.3. The number of aliphatic hydroxyl groups is 8. The summed E-state index contributed by atoms with van der Waals surface area (Å²) in [7, 11) is 14.5. The van der Waals surface area contributed by atoms with E-state index in [4.69, 9.17) is 50.7 Å². The molecule has 1 saturated heterocycles. The molecule has 50 heavy (non-hydrogen) atoms. The maximum Gasteiger partial charge on any atom is 0.105 e. The number of ether oxygens (including phenoxy) is 6. The Balaban J connectivity index is -0.0000000394. The van der Waals surface area contributed by atoms with Crippen LogP contribution in [0.1, 0.15) is 7.43 Å². The largest absolute Gasteiger partial charge is 0.857 e. The summed E-state index contributed by atoms with van der Waals surface area (Å²) in [6, 6.07) is 0. The summed E-state index contributed by atoms with van der Waals surface area (Å²) in [5.41, 5.74) is 0. The fourth-order valence-electron chi connectivity index (χ4n) is 1.71. The van der Waals surface area contributed by atoms with Crippen LogP contribution in [0.5, 0.6) is 0 Å². The molecule has 25 heteroatoms. The van der Waals surface area contributed by atoms with E-state index < -0.39 is 30.5 Å². The summed E-state index contributed by atoms with van der Waals surface area (Å²) in [6.07, 6.45) is -2.75. The van der Waals surface area contributed by atoms with E-state index in [-0.39, 0.29) is 155 Å². The average Bonchev–Trinajstić information content (AvgIpc) is 3.85. The van der Waals surface area contributed by atoms with Crippen LogP contribution < -0.4 is 5.11 Å². The minimum atomic E-state index is -0.718. The minimum Gasteiger partial charge on any atom is -0.857 e. The maximum absolute atomic E-state index is 8.79. The molecule has 1 aliphatic heterocycles. The molecular weight excluding hydrogens is 979 g/mol. The van der Waals surface area contributed by atoms with Crippen molar-refractivity contribution in [2.24, 2.45) is 0 Å². The molecule has 3 radical (unpaired) electrons. The van der Waals surface area contributed by atoms with Crippen LogP contribution in [0.25, 0.3) is 0 Å². The van der Waals surface area contributed by atoms with E-state index >= 15 is 0 Å². The molecule has 8 N–H and O–H groups in total. The number of aliphatic hydroxyl groups excluding tert-OH is 8. The Morgan fingerprint density at radius 3 is 0.860 bits per heavy atom. The number of rotatable bonds is 19. The van der Waals surface area contributed by atoms with Gasteiger partial charge in [0.2, 0.25) is 0 Å². The summed E-state index contributed by atoms with van der Waals surface area (Å²) in [4.78, 5) is 0. The molecule has 0 amide bonds. The predicted octanol–water partition coefficient (Wildman–Crippen LogP) is -3.59. The van der Waals surface area contributed by atoms with Crippen molar-refractivity contribution < 1.29 is 186 Å². The molecule has 0 saturated carbocycles. The van der Waals surface area contributed by atoms with Gasteiger partial charge in [-0.3, -0.25) is 0 Å². The number of hydrogen-bond acceptors (Lipinski definition) is 18. The molecule has 1 rings (SSSR count). The summed E-state index contributed by atoms with van der Waals surface area (Å²) in [5.74, 6) is 0. The second kappa shape index (κ2) is 77.8. The van der Waals surface area contributed by atoms with Crippen molar-refractivity contribution in [3.8, 4) is 0 Å². The minimum absolute atomic E-state index is 0. The first-order valence-electron chi connectivity index (χ1n) is 13.1. The fourth-order valence-corrected chi connectivity index (χ4v) is 2.37. The Morgan fingerprint density at radius 1 is 0.540 bits per heavy atom. The van der Waals surface area contributed by atoms with Crippen molar-refractivity contribution in [2.45, 2.75) is 44.1 Å². The second-order valence-electron chi connectivity index (χ2n) is 8.05. The topological polar surface area (TPSA) is 271 Å². The average molecular weight is 1050 g/mol. The standard InChI is InChI=1S/2C4H11O3P.3C4H10O3.C3H7O2P.CH3O.CH4.H3P.3Y/c2*1-6-2-4(5)3-7-8;3*1-7-3-4(6)2-5;6-5-2-3-1-4-3;1-2;;;;;/h2*4-5H,2-3,8H2,1H3;3*4-6H,2-3H2,1H3;3H,1-2,6H2;1H3;1H4;1H3;;;/q;;;;;;-1;;;;;. The molecule has 0 bridgehead atoms. The number of epoxide rings is 1. The smallest absolute Gasteiger partial charge is 0.105 e. The van der Waals surface area contributed by atoms with Crippen molar-refractivity contribution in [3.63, 3.8) is 0 Å². The Labute approximate surface area is 386 Å². The van der Waals surface area contributed by atoms with Crippen molar-refractivity contribution in [1.82, 2.24) is 0 Å². The Hall–Kier alpha value is 4.31. The van der Waals surface area contributed by atoms with Gasteiger partial charge in [0.25, 0.3) is 0 Å². The van der Waals surface area contributed by atoms with Crippen LogP contribution in [0.4, 0.5) is 0 Å². The molecule has 0 aromatic rings. The molecular formula is C25H69O18P4Y3-. The zero-order chi connectivity index (χ0) is 36.3. The van der Waals surface area contributed by atoms with Crippen LogP contribution in [0.3, 0.4) is 0 Å². The quantitative estimate of drug-likeness (QED) is 0.0459. The Bertz CT molecular complexity index is 432. The van der Waals surface area contributed by atoms with Crippen molar-refractivity contribution >= 4 is 38.3 Å². The van der Waals surface area contributed by atoms with Gasteiger partial charge in [-0.15, -0.1) is 0 Å². The molecule has 10 atom stereocenters. The third-order valence-corrected chi connectivity index (χ3v) is 4.27. The van der Waals surface area contributed by atoms with Gasteiger partial charge >= 0.3 is 0 Å². The molecule has 1 fully saturated rings. The number of methoxy groups -OCH3 is 5. The Morgan fingerprint density at radius 2 is 0.760 bits per heavy atom. The van der Waals surface area contributed by atoms with Crippen LogP contribution in [-0.4, -0.2) is 199 Å². The van der Waals surface area contributed by atoms with Crippen LogP contribution in [0, 0.1) is 0 Å². The third kappa shape index (κ3) is 98.9. The maximum atomic E-state index is 8.79. The molecule has 10 unspecified atom stereocenters. The molecule has 307 valence electrons. The van der Waals surface area contributed by atoms with E-state index in [9.17, 15) is 0 Å². The summed E-state index contributed by atoms with van der Waals surface area (Å²) < 4.78 is 41.2. The van der Waals surface area contributed by atoms with Crippen molar-refractivity contribution in [1.29, 1.82) is 0 Å². The SMILES string of the molecule is C.COCC(O)CO.COCC(O)CO.COCC(O)CO.COCC(O)COP.COCC(O)COP.C[O-].P.POCC1CO1.[Y].[Y].[Y]. The zero-order valence-corrected chi connectivity index (χ0v) is 43.2. The molecule has 0 aromatic heterocycles. The van der Waals surface area contributed by atoms with E-state index in [1.54, 1.807) is 0 Å². The third-order valence-electron chi connectivity index (χ3n) is 3.69. The summed E-state index contributed by atoms with van der Waals surface area (Å²) in [5, 5.41) is 75.7. The molecule has 1 aliphatic rings. The monoisotopic (exact) mass is 1050 g/mol. The molecule has 0 spiro atoms. The van der Waals surface area contributed by atoms with Gasteiger partial charge < -0.3 is 88.0 Å². The van der Waals surface area contributed by atoms with Gasteiger partial charge in [-0.05, 0) is 0 Å². The zero-order valence-electron chi connectivity index (χ0n) is 29.8. The van der Waals surface area contributed by atoms with Gasteiger partial charge in [-0.1, -0.05) is 7.43 Å². The van der Waals surface area contributed by atoms with Gasteiger partial charge in [-0.25, -0.2) is 0 Å². The molecule has 18 nitrogen and oxygen atoms in total.